The zero-order chi connectivity index (χ0) is 21.4. The third-order valence-electron chi connectivity index (χ3n) is 4.47. The number of nitro benzene ring substituents is 1. The van der Waals surface area contributed by atoms with E-state index in [9.17, 15) is 14.9 Å². The Morgan fingerprint density at radius 3 is 2.63 bits per heavy atom. The third-order valence-corrected chi connectivity index (χ3v) is 5.02. The van der Waals surface area contributed by atoms with Crippen molar-refractivity contribution in [3.63, 3.8) is 0 Å². The maximum absolute atomic E-state index is 12.5. The summed E-state index contributed by atoms with van der Waals surface area (Å²) in [5.74, 6) is -0.147. The van der Waals surface area contributed by atoms with Crippen molar-refractivity contribution >= 4 is 51.6 Å². The molecule has 1 N–H and O–H groups in total. The standard InChI is InChI=1S/C21H13Cl2N3O4/c1-11-2-3-12(8-18(11)26(28)29)20(27)24-14-5-7-19-17(10-14)25-21(30-19)15-6-4-13(22)9-16(15)23/h2-10H,1H3,(H,24,27). The molecular formula is C21H13Cl2N3O4. The van der Waals surface area contributed by atoms with Crippen molar-refractivity contribution in [2.45, 2.75) is 6.92 Å². The maximum atomic E-state index is 12.5. The van der Waals surface area contributed by atoms with Gasteiger partial charge in [0.05, 0.1) is 15.5 Å². The highest BCUT2D eigenvalue weighted by Gasteiger charge is 2.16. The topological polar surface area (TPSA) is 98.3 Å². The molecule has 0 spiro atoms. The summed E-state index contributed by atoms with van der Waals surface area (Å²) in [5, 5.41) is 14.7. The first kappa shape index (κ1) is 19.9. The molecule has 0 unspecified atom stereocenters. The van der Waals surface area contributed by atoms with Gasteiger partial charge in [0.1, 0.15) is 5.52 Å². The number of nitrogens with zero attached hydrogens (tertiary/aromatic N) is 2. The molecule has 0 atom stereocenters. The van der Waals surface area contributed by atoms with Gasteiger partial charge in [-0.1, -0.05) is 29.3 Å². The van der Waals surface area contributed by atoms with Crippen LogP contribution in [-0.2, 0) is 0 Å². The molecule has 0 fully saturated rings. The summed E-state index contributed by atoms with van der Waals surface area (Å²) in [6, 6.07) is 14.3. The molecule has 4 rings (SSSR count). The van der Waals surface area contributed by atoms with E-state index < -0.39 is 10.8 Å². The zero-order valence-corrected chi connectivity index (χ0v) is 17.0. The Morgan fingerprint density at radius 2 is 1.90 bits per heavy atom. The van der Waals surface area contributed by atoms with E-state index in [1.807, 2.05) is 0 Å². The molecule has 0 aliphatic rings. The number of carbonyl (C=O) groups is 1. The number of nitro groups is 1. The van der Waals surface area contributed by atoms with Gasteiger partial charge in [0.15, 0.2) is 5.58 Å². The highest BCUT2D eigenvalue weighted by Crippen LogP contribution is 2.32. The van der Waals surface area contributed by atoms with Gasteiger partial charge in [0.2, 0.25) is 5.89 Å². The van der Waals surface area contributed by atoms with Crippen molar-refractivity contribution in [1.29, 1.82) is 0 Å². The van der Waals surface area contributed by atoms with Crippen LogP contribution in [0.5, 0.6) is 0 Å². The zero-order valence-electron chi connectivity index (χ0n) is 15.5. The highest BCUT2D eigenvalue weighted by molar-refractivity contribution is 6.36. The molecule has 0 saturated carbocycles. The van der Waals surface area contributed by atoms with E-state index in [0.717, 1.165) is 0 Å². The molecule has 0 bridgehead atoms. The van der Waals surface area contributed by atoms with Crippen molar-refractivity contribution in [2.75, 3.05) is 5.32 Å². The van der Waals surface area contributed by atoms with E-state index in [1.54, 1.807) is 43.3 Å². The number of benzene rings is 3. The monoisotopic (exact) mass is 441 g/mol. The average Bonchev–Trinajstić information content (AvgIpc) is 3.11. The summed E-state index contributed by atoms with van der Waals surface area (Å²) >= 11 is 12.1. The van der Waals surface area contributed by atoms with Gasteiger partial charge in [0, 0.05) is 27.9 Å². The Bertz CT molecular complexity index is 1320. The van der Waals surface area contributed by atoms with Crippen LogP contribution >= 0.6 is 23.2 Å². The second kappa shape index (κ2) is 7.78. The van der Waals surface area contributed by atoms with Gasteiger partial charge in [-0.25, -0.2) is 4.98 Å². The van der Waals surface area contributed by atoms with Gasteiger partial charge < -0.3 is 9.73 Å². The number of aryl methyl sites for hydroxylation is 1. The molecule has 3 aromatic carbocycles. The van der Waals surface area contributed by atoms with Gasteiger partial charge in [0.25, 0.3) is 11.6 Å². The van der Waals surface area contributed by atoms with E-state index in [0.29, 0.717) is 43.9 Å². The van der Waals surface area contributed by atoms with Crippen molar-refractivity contribution in [2.24, 2.45) is 0 Å². The number of anilines is 1. The van der Waals surface area contributed by atoms with Gasteiger partial charge >= 0.3 is 0 Å². The minimum Gasteiger partial charge on any atom is -0.436 e. The molecule has 1 aromatic heterocycles. The largest absolute Gasteiger partial charge is 0.436 e. The number of hydrogen-bond acceptors (Lipinski definition) is 5. The minimum absolute atomic E-state index is 0.112. The second-order valence-electron chi connectivity index (χ2n) is 6.54. The first-order chi connectivity index (χ1) is 14.3. The highest BCUT2D eigenvalue weighted by atomic mass is 35.5. The fraction of sp³-hybridized carbons (Fsp3) is 0.0476. The van der Waals surface area contributed by atoms with Crippen LogP contribution in [0.15, 0.2) is 59.0 Å². The summed E-state index contributed by atoms with van der Waals surface area (Å²) in [6.07, 6.45) is 0. The van der Waals surface area contributed by atoms with Crippen LogP contribution in [0.1, 0.15) is 15.9 Å². The van der Waals surface area contributed by atoms with Gasteiger partial charge in [-0.05, 0) is 49.4 Å². The van der Waals surface area contributed by atoms with Crippen LogP contribution in [0.3, 0.4) is 0 Å². The van der Waals surface area contributed by atoms with Crippen LogP contribution in [0, 0.1) is 17.0 Å². The number of halogens is 2. The molecule has 0 radical (unpaired) electrons. The van der Waals surface area contributed by atoms with Crippen LogP contribution in [0.25, 0.3) is 22.6 Å². The fourth-order valence-electron chi connectivity index (χ4n) is 2.93. The Balaban J connectivity index is 1.62. The predicted octanol–water partition coefficient (Wildman–Crippen LogP) is 6.27. The van der Waals surface area contributed by atoms with Crippen LogP contribution < -0.4 is 5.32 Å². The van der Waals surface area contributed by atoms with Crippen molar-refractivity contribution in [1.82, 2.24) is 4.98 Å². The number of carbonyl (C=O) groups excluding carboxylic acids is 1. The van der Waals surface area contributed by atoms with Crippen LogP contribution in [-0.4, -0.2) is 15.8 Å². The normalized spacial score (nSPS) is 10.9. The SMILES string of the molecule is Cc1ccc(C(=O)Nc2ccc3oc(-c4ccc(Cl)cc4Cl)nc3c2)cc1[N+](=O)[O-]. The van der Waals surface area contributed by atoms with Crippen molar-refractivity contribution in [3.8, 4) is 11.5 Å². The summed E-state index contributed by atoms with van der Waals surface area (Å²) in [5.41, 5.74) is 2.64. The summed E-state index contributed by atoms with van der Waals surface area (Å²) in [6.45, 7) is 1.61. The lowest BCUT2D eigenvalue weighted by atomic mass is 10.1. The average molecular weight is 442 g/mol. The smallest absolute Gasteiger partial charge is 0.273 e. The van der Waals surface area contributed by atoms with Crippen molar-refractivity contribution < 1.29 is 14.1 Å². The first-order valence-corrected chi connectivity index (χ1v) is 9.50. The molecule has 4 aromatic rings. The lowest BCUT2D eigenvalue weighted by Crippen LogP contribution is -2.12. The fourth-order valence-corrected chi connectivity index (χ4v) is 3.42. The Labute approximate surface area is 180 Å². The van der Waals surface area contributed by atoms with Gasteiger partial charge in [-0.3, -0.25) is 14.9 Å². The Hall–Kier alpha value is -3.42. The summed E-state index contributed by atoms with van der Waals surface area (Å²) < 4.78 is 5.75. The maximum Gasteiger partial charge on any atom is 0.273 e. The second-order valence-corrected chi connectivity index (χ2v) is 7.38. The molecule has 9 heteroatoms. The van der Waals surface area contributed by atoms with E-state index in [-0.39, 0.29) is 11.3 Å². The number of fused-ring (bicyclic) bond motifs is 1. The van der Waals surface area contributed by atoms with E-state index >= 15 is 0 Å². The Morgan fingerprint density at radius 1 is 1.10 bits per heavy atom. The Kier molecular flexibility index (Phi) is 5.15. The van der Waals surface area contributed by atoms with E-state index in [2.05, 4.69) is 10.3 Å². The van der Waals surface area contributed by atoms with Crippen molar-refractivity contribution in [3.05, 3.63) is 85.9 Å². The quantitative estimate of drug-likeness (QED) is 0.297. The number of oxazole rings is 1. The van der Waals surface area contributed by atoms with Gasteiger partial charge in [-0.15, -0.1) is 0 Å². The molecule has 0 aliphatic heterocycles. The molecule has 30 heavy (non-hydrogen) atoms. The summed E-state index contributed by atoms with van der Waals surface area (Å²) in [4.78, 5) is 27.5. The lowest BCUT2D eigenvalue weighted by Gasteiger charge is -2.06. The molecule has 0 aliphatic carbocycles. The lowest BCUT2D eigenvalue weighted by molar-refractivity contribution is -0.385. The molecule has 150 valence electrons. The van der Waals surface area contributed by atoms with Crippen LogP contribution in [0.4, 0.5) is 11.4 Å². The number of hydrogen-bond donors (Lipinski definition) is 1. The molecule has 1 amide bonds. The summed E-state index contributed by atoms with van der Waals surface area (Å²) in [7, 11) is 0. The van der Waals surface area contributed by atoms with E-state index in [1.165, 1.54) is 18.2 Å². The minimum atomic E-state index is -0.517. The molecular weight excluding hydrogens is 429 g/mol. The number of nitrogens with one attached hydrogen (secondary N) is 1. The number of rotatable bonds is 4. The predicted molar refractivity (Wildman–Crippen MR) is 115 cm³/mol. The third kappa shape index (κ3) is 3.85. The first-order valence-electron chi connectivity index (χ1n) is 8.74. The van der Waals surface area contributed by atoms with Gasteiger partial charge in [-0.2, -0.15) is 0 Å². The molecule has 7 nitrogen and oxygen atoms in total. The number of aromatic nitrogens is 1. The number of amides is 1. The van der Waals surface area contributed by atoms with Crippen LogP contribution in [0.2, 0.25) is 10.0 Å². The molecule has 0 saturated heterocycles. The molecule has 1 heterocycles. The van der Waals surface area contributed by atoms with E-state index in [4.69, 9.17) is 27.6 Å².